The molecule has 0 aliphatic heterocycles. The summed E-state index contributed by atoms with van der Waals surface area (Å²) in [7, 11) is 0. The van der Waals surface area contributed by atoms with Crippen molar-refractivity contribution in [1.29, 1.82) is 0 Å². The van der Waals surface area contributed by atoms with Crippen LogP contribution in [0.3, 0.4) is 0 Å². The van der Waals surface area contributed by atoms with E-state index >= 15 is 0 Å². The summed E-state index contributed by atoms with van der Waals surface area (Å²) in [6, 6.07) is 12.3. The molecule has 2 aromatic rings. The van der Waals surface area contributed by atoms with Crippen molar-refractivity contribution in [1.82, 2.24) is 4.57 Å². The van der Waals surface area contributed by atoms with E-state index in [9.17, 15) is 14.0 Å². The van der Waals surface area contributed by atoms with Gasteiger partial charge < -0.3 is 15.6 Å². The van der Waals surface area contributed by atoms with Crippen molar-refractivity contribution >= 4 is 11.6 Å². The Morgan fingerprint density at radius 3 is 2.65 bits per heavy atom. The summed E-state index contributed by atoms with van der Waals surface area (Å²) in [6.07, 6.45) is 0.858. The average molecular weight is 317 g/mol. The summed E-state index contributed by atoms with van der Waals surface area (Å²) in [5, 5.41) is 2.69. The highest BCUT2D eigenvalue weighted by molar-refractivity contribution is 5.92. The largest absolute Gasteiger partial charge is 0.328 e. The Labute approximate surface area is 133 Å². The Hall–Kier alpha value is -2.47. The van der Waals surface area contributed by atoms with E-state index in [-0.39, 0.29) is 37.4 Å². The van der Waals surface area contributed by atoms with Crippen molar-refractivity contribution < 1.29 is 9.18 Å². The van der Waals surface area contributed by atoms with Gasteiger partial charge in [-0.25, -0.2) is 4.39 Å². The minimum atomic E-state index is -1.12. The fourth-order valence-electron chi connectivity index (χ4n) is 2.15. The summed E-state index contributed by atoms with van der Waals surface area (Å²) < 4.78 is 14.5. The molecule has 0 saturated carbocycles. The Kier molecular flexibility index (Phi) is 6.05. The fourth-order valence-corrected chi connectivity index (χ4v) is 2.15. The summed E-state index contributed by atoms with van der Waals surface area (Å²) in [6.45, 7) is 0.206. The van der Waals surface area contributed by atoms with Crippen LogP contribution in [0.2, 0.25) is 0 Å². The second-order valence-corrected chi connectivity index (χ2v) is 5.28. The molecule has 0 bridgehead atoms. The standard InChI is InChI=1S/C17H20FN3O2/c18-14(12-19)6-8-21-9-7-15(11-17(21)23)20-16(22)10-13-4-2-1-3-5-13/h1-5,7,9,11,14H,6,8,10,12,19H2,(H,20,22). The van der Waals surface area contributed by atoms with Gasteiger partial charge in [-0.2, -0.15) is 0 Å². The molecule has 2 rings (SSSR count). The summed E-state index contributed by atoms with van der Waals surface area (Å²) in [5.41, 5.74) is 6.25. The number of pyridine rings is 1. The van der Waals surface area contributed by atoms with Crippen molar-refractivity contribution in [2.24, 2.45) is 5.73 Å². The van der Waals surface area contributed by atoms with Crippen LogP contribution in [0.1, 0.15) is 12.0 Å². The summed E-state index contributed by atoms with van der Waals surface area (Å²) in [5.74, 6) is -0.194. The number of carbonyl (C=O) groups excluding carboxylic acids is 1. The first kappa shape index (κ1) is 16.9. The number of nitrogens with one attached hydrogen (secondary N) is 1. The van der Waals surface area contributed by atoms with E-state index in [0.29, 0.717) is 5.69 Å². The number of hydrogen-bond donors (Lipinski definition) is 2. The van der Waals surface area contributed by atoms with Crippen LogP contribution >= 0.6 is 0 Å². The Bertz CT molecular complexity index is 700. The highest BCUT2D eigenvalue weighted by Gasteiger charge is 2.07. The molecule has 6 heteroatoms. The molecule has 3 N–H and O–H groups in total. The smallest absolute Gasteiger partial charge is 0.252 e. The molecule has 0 spiro atoms. The molecule has 1 amide bonds. The first-order chi connectivity index (χ1) is 11.1. The summed E-state index contributed by atoms with van der Waals surface area (Å²) >= 11 is 0. The second-order valence-electron chi connectivity index (χ2n) is 5.28. The van der Waals surface area contributed by atoms with Crippen molar-refractivity contribution in [2.75, 3.05) is 11.9 Å². The lowest BCUT2D eigenvalue weighted by Gasteiger charge is -2.10. The van der Waals surface area contributed by atoms with Gasteiger partial charge in [0.2, 0.25) is 5.91 Å². The highest BCUT2D eigenvalue weighted by atomic mass is 19.1. The van der Waals surface area contributed by atoms with E-state index in [4.69, 9.17) is 5.73 Å². The second kappa shape index (κ2) is 8.24. The molecule has 122 valence electrons. The third kappa shape index (κ3) is 5.34. The van der Waals surface area contributed by atoms with E-state index in [1.54, 1.807) is 12.3 Å². The maximum atomic E-state index is 13.1. The van der Waals surface area contributed by atoms with Crippen LogP contribution < -0.4 is 16.6 Å². The Morgan fingerprint density at radius 1 is 1.26 bits per heavy atom. The van der Waals surface area contributed by atoms with Gasteiger partial charge in [-0.05, 0) is 18.1 Å². The molecular formula is C17H20FN3O2. The Morgan fingerprint density at radius 2 is 2.00 bits per heavy atom. The number of benzene rings is 1. The number of nitrogens with zero attached hydrogens (tertiary/aromatic N) is 1. The summed E-state index contributed by atoms with van der Waals surface area (Å²) in [4.78, 5) is 23.9. The third-order valence-corrected chi connectivity index (χ3v) is 3.43. The van der Waals surface area contributed by atoms with Crippen molar-refractivity contribution in [2.45, 2.75) is 25.6 Å². The van der Waals surface area contributed by atoms with Gasteiger partial charge in [0, 0.05) is 31.0 Å². The molecule has 1 aromatic carbocycles. The van der Waals surface area contributed by atoms with Gasteiger partial charge in [-0.3, -0.25) is 9.59 Å². The normalized spacial score (nSPS) is 11.9. The molecule has 0 radical (unpaired) electrons. The van der Waals surface area contributed by atoms with Gasteiger partial charge in [0.15, 0.2) is 0 Å². The number of alkyl halides is 1. The van der Waals surface area contributed by atoms with E-state index in [2.05, 4.69) is 5.32 Å². The molecule has 23 heavy (non-hydrogen) atoms. The van der Waals surface area contributed by atoms with Crippen molar-refractivity contribution in [3.63, 3.8) is 0 Å². The van der Waals surface area contributed by atoms with Crippen LogP contribution in [0.25, 0.3) is 0 Å². The van der Waals surface area contributed by atoms with Crippen molar-refractivity contribution in [3.05, 3.63) is 64.6 Å². The molecule has 1 heterocycles. The number of anilines is 1. The number of carbonyl (C=O) groups is 1. The van der Waals surface area contributed by atoms with Gasteiger partial charge in [0.1, 0.15) is 6.17 Å². The van der Waals surface area contributed by atoms with E-state index < -0.39 is 6.17 Å². The number of halogens is 1. The number of aromatic nitrogens is 1. The number of nitrogens with two attached hydrogens (primary N) is 1. The number of amides is 1. The predicted octanol–water partition coefficient (Wildman–Crippen LogP) is 1.72. The van der Waals surface area contributed by atoms with Gasteiger partial charge in [-0.1, -0.05) is 30.3 Å². The van der Waals surface area contributed by atoms with Gasteiger partial charge in [-0.15, -0.1) is 0 Å². The van der Waals surface area contributed by atoms with E-state index in [0.717, 1.165) is 5.56 Å². The van der Waals surface area contributed by atoms with E-state index in [1.807, 2.05) is 30.3 Å². The molecular weight excluding hydrogens is 297 g/mol. The van der Waals surface area contributed by atoms with Gasteiger partial charge in [0.25, 0.3) is 5.56 Å². The predicted molar refractivity (Wildman–Crippen MR) is 88.0 cm³/mol. The minimum Gasteiger partial charge on any atom is -0.328 e. The molecule has 1 unspecified atom stereocenters. The molecule has 0 aliphatic carbocycles. The first-order valence-electron chi connectivity index (χ1n) is 7.47. The molecule has 1 atom stereocenters. The zero-order valence-electron chi connectivity index (χ0n) is 12.7. The van der Waals surface area contributed by atoms with E-state index in [1.165, 1.54) is 10.6 Å². The van der Waals surface area contributed by atoms with Crippen molar-refractivity contribution in [3.8, 4) is 0 Å². The highest BCUT2D eigenvalue weighted by Crippen LogP contribution is 2.06. The molecule has 0 fully saturated rings. The zero-order chi connectivity index (χ0) is 16.7. The lowest BCUT2D eigenvalue weighted by molar-refractivity contribution is -0.115. The lowest BCUT2D eigenvalue weighted by atomic mass is 10.1. The third-order valence-electron chi connectivity index (χ3n) is 3.43. The van der Waals surface area contributed by atoms with Gasteiger partial charge in [0.05, 0.1) is 6.42 Å². The fraction of sp³-hybridized carbons (Fsp3) is 0.294. The molecule has 1 aromatic heterocycles. The molecule has 0 aliphatic rings. The maximum Gasteiger partial charge on any atom is 0.252 e. The van der Waals surface area contributed by atoms with Crippen LogP contribution in [0, 0.1) is 0 Å². The van der Waals surface area contributed by atoms with Crippen LogP contribution in [0.15, 0.2) is 53.5 Å². The Balaban J connectivity index is 1.95. The van der Waals surface area contributed by atoms with Crippen LogP contribution in [0.5, 0.6) is 0 Å². The monoisotopic (exact) mass is 317 g/mol. The number of rotatable bonds is 7. The first-order valence-corrected chi connectivity index (χ1v) is 7.47. The van der Waals surface area contributed by atoms with Crippen LogP contribution in [-0.2, 0) is 17.8 Å². The molecule has 0 saturated heterocycles. The quantitative estimate of drug-likeness (QED) is 0.816. The van der Waals surface area contributed by atoms with Gasteiger partial charge >= 0.3 is 0 Å². The minimum absolute atomic E-state index is 0.0532. The van der Waals surface area contributed by atoms with Crippen LogP contribution in [0.4, 0.5) is 10.1 Å². The maximum absolute atomic E-state index is 13.1. The number of hydrogen-bond acceptors (Lipinski definition) is 3. The average Bonchev–Trinajstić information content (AvgIpc) is 2.54. The SMILES string of the molecule is NCC(F)CCn1ccc(NC(=O)Cc2ccccc2)cc1=O. The molecule has 5 nitrogen and oxygen atoms in total. The number of aryl methyl sites for hydroxylation is 1. The zero-order valence-corrected chi connectivity index (χ0v) is 12.7. The lowest BCUT2D eigenvalue weighted by Crippen LogP contribution is -2.24. The topological polar surface area (TPSA) is 77.1 Å². The van der Waals surface area contributed by atoms with Crippen LogP contribution in [-0.4, -0.2) is 23.2 Å².